The van der Waals surface area contributed by atoms with Gasteiger partial charge in [-0.3, -0.25) is 0 Å². The number of rotatable bonds is 4. The number of hydrogen-bond donors (Lipinski definition) is 0. The van der Waals surface area contributed by atoms with Gasteiger partial charge in [0.1, 0.15) is 0 Å². The van der Waals surface area contributed by atoms with Crippen molar-refractivity contribution in [3.63, 3.8) is 0 Å². The molecule has 3 aromatic rings. The molecule has 0 spiro atoms. The first-order valence-electron chi connectivity index (χ1n) is 7.02. The van der Waals surface area contributed by atoms with Crippen molar-refractivity contribution in [1.29, 1.82) is 0 Å². The van der Waals surface area contributed by atoms with Gasteiger partial charge in [0.15, 0.2) is 0 Å². The third-order valence-electron chi connectivity index (χ3n) is 3.52. The predicted molar refractivity (Wildman–Crippen MR) is 90.1 cm³/mol. The van der Waals surface area contributed by atoms with Crippen LogP contribution in [0.2, 0.25) is 0 Å². The van der Waals surface area contributed by atoms with Crippen LogP contribution in [0.3, 0.4) is 0 Å². The lowest BCUT2D eigenvalue weighted by molar-refractivity contribution is 0.878. The van der Waals surface area contributed by atoms with E-state index in [1.54, 1.807) is 0 Å². The molecule has 0 N–H and O–H groups in total. The lowest BCUT2D eigenvalue weighted by Gasteiger charge is -2.08. The molecule has 0 radical (unpaired) electrons. The van der Waals surface area contributed by atoms with Gasteiger partial charge in [0.2, 0.25) is 0 Å². The molecule has 1 heterocycles. The molecule has 106 valence electrons. The topological polar surface area (TPSA) is 17.8 Å². The van der Waals surface area contributed by atoms with E-state index in [-0.39, 0.29) is 4.83 Å². The summed E-state index contributed by atoms with van der Waals surface area (Å²) in [6, 6.07) is 18.9. The molecule has 0 saturated carbocycles. The Labute approximate surface area is 133 Å². The molecule has 0 bridgehead atoms. The molecule has 2 nitrogen and oxygen atoms in total. The highest BCUT2D eigenvalue weighted by atomic mass is 79.9. The Morgan fingerprint density at radius 2 is 1.76 bits per heavy atom. The van der Waals surface area contributed by atoms with Crippen molar-refractivity contribution in [2.75, 3.05) is 0 Å². The number of alkyl halides is 1. The Morgan fingerprint density at radius 3 is 2.48 bits per heavy atom. The maximum atomic E-state index is 4.45. The fourth-order valence-electron chi connectivity index (χ4n) is 2.27. The lowest BCUT2D eigenvalue weighted by Crippen LogP contribution is -1.95. The Bertz CT molecular complexity index is 702. The second-order valence-electron chi connectivity index (χ2n) is 5.21. The van der Waals surface area contributed by atoms with Gasteiger partial charge in [-0.25, -0.2) is 4.68 Å². The average Bonchev–Trinajstić information content (AvgIpc) is 3.00. The van der Waals surface area contributed by atoms with Crippen LogP contribution in [0.5, 0.6) is 0 Å². The number of aromatic nitrogens is 2. The summed E-state index contributed by atoms with van der Waals surface area (Å²) in [5.74, 6) is 0. The monoisotopic (exact) mass is 340 g/mol. The Morgan fingerprint density at radius 1 is 1.05 bits per heavy atom. The molecular weight excluding hydrogens is 324 g/mol. The highest BCUT2D eigenvalue weighted by molar-refractivity contribution is 9.09. The van der Waals surface area contributed by atoms with Crippen LogP contribution >= 0.6 is 15.9 Å². The zero-order valence-corrected chi connectivity index (χ0v) is 13.5. The summed E-state index contributed by atoms with van der Waals surface area (Å²) in [5, 5.41) is 4.45. The van der Waals surface area contributed by atoms with Gasteiger partial charge in [-0.15, -0.1) is 0 Å². The van der Waals surface area contributed by atoms with Crippen molar-refractivity contribution in [3.8, 4) is 5.69 Å². The zero-order valence-electron chi connectivity index (χ0n) is 11.9. The zero-order chi connectivity index (χ0) is 14.7. The van der Waals surface area contributed by atoms with E-state index in [0.29, 0.717) is 0 Å². The molecule has 1 aromatic heterocycles. The molecule has 2 aromatic carbocycles. The molecule has 0 saturated heterocycles. The van der Waals surface area contributed by atoms with Crippen LogP contribution in [0.4, 0.5) is 0 Å². The second kappa shape index (κ2) is 6.27. The molecular formula is C18H17BrN2. The fraction of sp³-hybridized carbons (Fsp3) is 0.167. The number of nitrogens with zero attached hydrogens (tertiary/aromatic N) is 2. The quantitative estimate of drug-likeness (QED) is 0.620. The van der Waals surface area contributed by atoms with Gasteiger partial charge in [-0.05, 0) is 31.0 Å². The van der Waals surface area contributed by atoms with Gasteiger partial charge < -0.3 is 0 Å². The summed E-state index contributed by atoms with van der Waals surface area (Å²) in [5.41, 5.74) is 4.90. The summed E-state index contributed by atoms with van der Waals surface area (Å²) < 4.78 is 1.92. The number of benzene rings is 2. The van der Waals surface area contributed by atoms with E-state index in [2.05, 4.69) is 70.5 Å². The van der Waals surface area contributed by atoms with Gasteiger partial charge in [0, 0.05) is 16.6 Å². The number of hydrogen-bond acceptors (Lipinski definition) is 1. The molecule has 3 rings (SSSR count). The maximum Gasteiger partial charge on any atom is 0.0645 e. The standard InChI is InChI=1S/C18H17BrN2/c1-14-7-9-15(10-8-14)11-18(19)16-12-20-21(13-16)17-5-3-2-4-6-17/h2-10,12-13,18H,11H2,1H3. The first kappa shape index (κ1) is 14.1. The molecule has 1 atom stereocenters. The summed E-state index contributed by atoms with van der Waals surface area (Å²) >= 11 is 3.77. The summed E-state index contributed by atoms with van der Waals surface area (Å²) in [6.07, 6.45) is 4.98. The van der Waals surface area contributed by atoms with E-state index in [1.165, 1.54) is 16.7 Å². The number of aryl methyl sites for hydroxylation is 1. The Hall–Kier alpha value is -1.87. The summed E-state index contributed by atoms with van der Waals surface area (Å²) in [7, 11) is 0. The molecule has 0 aliphatic rings. The lowest BCUT2D eigenvalue weighted by atomic mass is 10.1. The van der Waals surface area contributed by atoms with Gasteiger partial charge >= 0.3 is 0 Å². The normalized spacial score (nSPS) is 12.3. The van der Waals surface area contributed by atoms with Gasteiger partial charge in [0.05, 0.1) is 11.9 Å². The van der Waals surface area contributed by atoms with Crippen molar-refractivity contribution in [2.24, 2.45) is 0 Å². The third-order valence-corrected chi connectivity index (χ3v) is 4.37. The van der Waals surface area contributed by atoms with Crippen LogP contribution in [0.1, 0.15) is 21.5 Å². The largest absolute Gasteiger partial charge is 0.241 e. The third kappa shape index (κ3) is 3.42. The van der Waals surface area contributed by atoms with Crippen molar-refractivity contribution in [3.05, 3.63) is 83.7 Å². The minimum absolute atomic E-state index is 0.276. The van der Waals surface area contributed by atoms with Crippen LogP contribution in [0.25, 0.3) is 5.69 Å². The number of halogens is 1. The van der Waals surface area contributed by atoms with E-state index in [4.69, 9.17) is 0 Å². The Kier molecular flexibility index (Phi) is 4.20. The molecule has 1 unspecified atom stereocenters. The van der Waals surface area contributed by atoms with Gasteiger partial charge in [0.25, 0.3) is 0 Å². The van der Waals surface area contributed by atoms with E-state index >= 15 is 0 Å². The first-order chi connectivity index (χ1) is 10.2. The van der Waals surface area contributed by atoms with E-state index < -0.39 is 0 Å². The van der Waals surface area contributed by atoms with Crippen LogP contribution in [0, 0.1) is 6.92 Å². The highest BCUT2D eigenvalue weighted by Crippen LogP contribution is 2.27. The highest BCUT2D eigenvalue weighted by Gasteiger charge is 2.11. The van der Waals surface area contributed by atoms with E-state index in [9.17, 15) is 0 Å². The molecule has 21 heavy (non-hydrogen) atoms. The van der Waals surface area contributed by atoms with Crippen molar-refractivity contribution < 1.29 is 0 Å². The fourth-order valence-corrected chi connectivity index (χ4v) is 2.88. The van der Waals surface area contributed by atoms with Crippen molar-refractivity contribution in [1.82, 2.24) is 9.78 Å². The average molecular weight is 341 g/mol. The van der Waals surface area contributed by atoms with E-state index in [1.807, 2.05) is 29.1 Å². The minimum Gasteiger partial charge on any atom is -0.241 e. The first-order valence-corrected chi connectivity index (χ1v) is 7.93. The predicted octanol–water partition coefficient (Wildman–Crippen LogP) is 4.86. The summed E-state index contributed by atoms with van der Waals surface area (Å²) in [6.45, 7) is 2.11. The number of para-hydroxylation sites is 1. The minimum atomic E-state index is 0.276. The smallest absolute Gasteiger partial charge is 0.0645 e. The van der Waals surface area contributed by atoms with Crippen LogP contribution in [0.15, 0.2) is 67.0 Å². The molecule has 0 fully saturated rings. The van der Waals surface area contributed by atoms with Crippen molar-refractivity contribution in [2.45, 2.75) is 18.2 Å². The maximum absolute atomic E-state index is 4.45. The van der Waals surface area contributed by atoms with Crippen LogP contribution in [-0.2, 0) is 6.42 Å². The van der Waals surface area contributed by atoms with Crippen LogP contribution < -0.4 is 0 Å². The molecule has 3 heteroatoms. The van der Waals surface area contributed by atoms with Crippen molar-refractivity contribution >= 4 is 15.9 Å². The summed E-state index contributed by atoms with van der Waals surface area (Å²) in [4.78, 5) is 0.276. The molecule has 0 amide bonds. The van der Waals surface area contributed by atoms with Gasteiger partial charge in [-0.2, -0.15) is 5.10 Å². The second-order valence-corrected chi connectivity index (χ2v) is 6.32. The van der Waals surface area contributed by atoms with E-state index in [0.717, 1.165) is 12.1 Å². The SMILES string of the molecule is Cc1ccc(CC(Br)c2cnn(-c3ccccc3)c2)cc1. The molecule has 0 aliphatic carbocycles. The Balaban J connectivity index is 1.75. The van der Waals surface area contributed by atoms with Crippen LogP contribution in [-0.4, -0.2) is 9.78 Å². The van der Waals surface area contributed by atoms with Gasteiger partial charge in [-0.1, -0.05) is 64.0 Å². The molecule has 0 aliphatic heterocycles.